The van der Waals surface area contributed by atoms with Gasteiger partial charge in [-0.1, -0.05) is 71.4 Å². The van der Waals surface area contributed by atoms with Gasteiger partial charge in [0.15, 0.2) is 5.76 Å². The largest absolute Gasteiger partial charge is 0.466 e. The summed E-state index contributed by atoms with van der Waals surface area (Å²) in [5.41, 5.74) is 4.91. The molecule has 1 aromatic heterocycles. The molecule has 4 aromatic rings. The van der Waals surface area contributed by atoms with E-state index in [0.717, 1.165) is 22.3 Å². The Labute approximate surface area is 220 Å². The standard InChI is InChI=1S/C29H27ClN2O5/c1-4-35-26(33)17-20-13-15-21(16-14-20)22-9-8-10-23(18-22)28-27(19(3)31-37-28)32(29(34)36-5-2)25-12-7-6-11-24(25)30/h6-16,18H,4-5,17H2,1-3H3. The summed E-state index contributed by atoms with van der Waals surface area (Å²) in [5, 5.41) is 4.54. The number of hydrogen-bond donors (Lipinski definition) is 0. The van der Waals surface area contributed by atoms with Crippen LogP contribution in [0.15, 0.2) is 77.3 Å². The lowest BCUT2D eigenvalue weighted by atomic mass is 9.99. The zero-order valence-corrected chi connectivity index (χ0v) is 21.6. The number of esters is 1. The topological polar surface area (TPSA) is 81.9 Å². The van der Waals surface area contributed by atoms with Crippen LogP contribution in [0.3, 0.4) is 0 Å². The Morgan fingerprint density at radius 1 is 0.892 bits per heavy atom. The summed E-state index contributed by atoms with van der Waals surface area (Å²) in [4.78, 5) is 26.3. The van der Waals surface area contributed by atoms with E-state index in [-0.39, 0.29) is 19.0 Å². The van der Waals surface area contributed by atoms with Crippen LogP contribution in [0.2, 0.25) is 5.02 Å². The maximum atomic E-state index is 13.1. The second-order valence-electron chi connectivity index (χ2n) is 8.19. The van der Waals surface area contributed by atoms with Gasteiger partial charge in [0.1, 0.15) is 11.4 Å². The summed E-state index contributed by atoms with van der Waals surface area (Å²) in [6.07, 6.45) is -0.364. The summed E-state index contributed by atoms with van der Waals surface area (Å²) < 4.78 is 16.1. The predicted molar refractivity (Wildman–Crippen MR) is 143 cm³/mol. The van der Waals surface area contributed by atoms with Crippen molar-refractivity contribution in [2.45, 2.75) is 27.2 Å². The van der Waals surface area contributed by atoms with E-state index < -0.39 is 6.09 Å². The fraction of sp³-hybridized carbons (Fsp3) is 0.207. The van der Waals surface area contributed by atoms with Crippen LogP contribution in [-0.4, -0.2) is 30.4 Å². The van der Waals surface area contributed by atoms with Gasteiger partial charge in [-0.2, -0.15) is 0 Å². The van der Waals surface area contributed by atoms with Crippen molar-refractivity contribution in [1.82, 2.24) is 5.16 Å². The van der Waals surface area contributed by atoms with Gasteiger partial charge in [-0.15, -0.1) is 0 Å². The molecule has 0 aliphatic carbocycles. The van der Waals surface area contributed by atoms with Crippen LogP contribution in [0.4, 0.5) is 16.2 Å². The first-order valence-corrected chi connectivity index (χ1v) is 12.3. The lowest BCUT2D eigenvalue weighted by molar-refractivity contribution is -0.142. The van der Waals surface area contributed by atoms with Gasteiger partial charge in [-0.25, -0.2) is 9.69 Å². The molecule has 0 saturated carbocycles. The first-order chi connectivity index (χ1) is 17.9. The highest BCUT2D eigenvalue weighted by Crippen LogP contribution is 2.41. The summed E-state index contributed by atoms with van der Waals surface area (Å²) in [6, 6.07) is 22.5. The molecule has 0 spiro atoms. The molecule has 0 atom stereocenters. The Bertz CT molecular complexity index is 1400. The highest BCUT2D eigenvalue weighted by Gasteiger charge is 2.30. The number of para-hydroxylation sites is 1. The van der Waals surface area contributed by atoms with E-state index in [1.165, 1.54) is 4.90 Å². The van der Waals surface area contributed by atoms with Crippen molar-refractivity contribution in [3.8, 4) is 22.5 Å². The minimum atomic E-state index is -0.587. The molecule has 0 N–H and O–H groups in total. The third-order valence-electron chi connectivity index (χ3n) is 5.66. The molecule has 8 heteroatoms. The Hall–Kier alpha value is -4.10. The Balaban J connectivity index is 1.72. The number of carbonyl (C=O) groups is 2. The first kappa shape index (κ1) is 26.0. The van der Waals surface area contributed by atoms with Crippen LogP contribution < -0.4 is 4.90 Å². The molecule has 0 bridgehead atoms. The SMILES string of the molecule is CCOC(=O)Cc1ccc(-c2cccc(-c3onc(C)c3N(C(=O)OCC)c3ccccc3Cl)c2)cc1. The minimum Gasteiger partial charge on any atom is -0.466 e. The van der Waals surface area contributed by atoms with Crippen molar-refractivity contribution in [2.24, 2.45) is 0 Å². The number of hydrogen-bond acceptors (Lipinski definition) is 6. The molecule has 0 fully saturated rings. The van der Waals surface area contributed by atoms with Crippen molar-refractivity contribution < 1.29 is 23.6 Å². The van der Waals surface area contributed by atoms with Gasteiger partial charge in [0.25, 0.3) is 0 Å². The predicted octanol–water partition coefficient (Wildman–Crippen LogP) is 7.37. The van der Waals surface area contributed by atoms with Gasteiger partial charge in [0.05, 0.1) is 30.3 Å². The van der Waals surface area contributed by atoms with Crippen molar-refractivity contribution in [1.29, 1.82) is 0 Å². The van der Waals surface area contributed by atoms with Crippen molar-refractivity contribution in [3.63, 3.8) is 0 Å². The molecule has 1 amide bonds. The summed E-state index contributed by atoms with van der Waals surface area (Å²) in [5.74, 6) is 0.154. The van der Waals surface area contributed by atoms with Crippen molar-refractivity contribution in [2.75, 3.05) is 18.1 Å². The Morgan fingerprint density at radius 2 is 1.59 bits per heavy atom. The fourth-order valence-electron chi connectivity index (χ4n) is 3.98. The number of aryl methyl sites for hydroxylation is 1. The lowest BCUT2D eigenvalue weighted by Crippen LogP contribution is -2.27. The van der Waals surface area contributed by atoms with E-state index >= 15 is 0 Å². The molecule has 0 radical (unpaired) electrons. The number of aromatic nitrogens is 1. The summed E-state index contributed by atoms with van der Waals surface area (Å²) >= 11 is 6.47. The van der Waals surface area contributed by atoms with Gasteiger partial charge in [0.2, 0.25) is 0 Å². The van der Waals surface area contributed by atoms with E-state index in [4.69, 9.17) is 25.6 Å². The van der Waals surface area contributed by atoms with Crippen LogP contribution in [0, 0.1) is 6.92 Å². The molecule has 1 heterocycles. The average Bonchev–Trinajstić information content (AvgIpc) is 3.27. The molecule has 3 aromatic carbocycles. The normalized spacial score (nSPS) is 10.7. The third kappa shape index (κ3) is 5.84. The van der Waals surface area contributed by atoms with E-state index in [0.29, 0.717) is 34.5 Å². The second kappa shape index (κ2) is 11.8. The number of anilines is 2. The van der Waals surface area contributed by atoms with Gasteiger partial charge in [-0.3, -0.25) is 4.79 Å². The Morgan fingerprint density at radius 3 is 2.30 bits per heavy atom. The van der Waals surface area contributed by atoms with Gasteiger partial charge >= 0.3 is 12.1 Å². The van der Waals surface area contributed by atoms with E-state index in [1.54, 1.807) is 45.0 Å². The monoisotopic (exact) mass is 518 g/mol. The van der Waals surface area contributed by atoms with Crippen LogP contribution in [0.5, 0.6) is 0 Å². The number of benzene rings is 3. The number of halogens is 1. The molecule has 7 nitrogen and oxygen atoms in total. The van der Waals surface area contributed by atoms with Gasteiger partial charge < -0.3 is 14.0 Å². The third-order valence-corrected chi connectivity index (χ3v) is 5.98. The number of amides is 1. The maximum Gasteiger partial charge on any atom is 0.419 e. The zero-order chi connectivity index (χ0) is 26.4. The highest BCUT2D eigenvalue weighted by atomic mass is 35.5. The quantitative estimate of drug-likeness (QED) is 0.226. The van der Waals surface area contributed by atoms with E-state index in [1.807, 2.05) is 48.5 Å². The molecular weight excluding hydrogens is 492 g/mol. The number of ether oxygens (including phenoxy) is 2. The van der Waals surface area contributed by atoms with Gasteiger partial charge in [0, 0.05) is 5.56 Å². The first-order valence-electron chi connectivity index (χ1n) is 12.0. The molecule has 0 unspecified atom stereocenters. The highest BCUT2D eigenvalue weighted by molar-refractivity contribution is 6.34. The summed E-state index contributed by atoms with van der Waals surface area (Å²) in [6.45, 7) is 5.84. The lowest BCUT2D eigenvalue weighted by Gasteiger charge is -2.23. The van der Waals surface area contributed by atoms with E-state index in [2.05, 4.69) is 5.16 Å². The smallest absolute Gasteiger partial charge is 0.419 e. The molecule has 37 heavy (non-hydrogen) atoms. The Kier molecular flexibility index (Phi) is 8.25. The van der Waals surface area contributed by atoms with Crippen molar-refractivity contribution in [3.05, 3.63) is 89.1 Å². The van der Waals surface area contributed by atoms with Crippen LogP contribution in [0.1, 0.15) is 25.1 Å². The van der Waals surface area contributed by atoms with Crippen LogP contribution in [-0.2, 0) is 20.7 Å². The fourth-order valence-corrected chi connectivity index (χ4v) is 4.20. The number of nitrogens with zero attached hydrogens (tertiary/aromatic N) is 2. The minimum absolute atomic E-state index is 0.196. The molecule has 190 valence electrons. The number of rotatable bonds is 8. The molecule has 0 saturated heterocycles. The van der Waals surface area contributed by atoms with Crippen LogP contribution in [0.25, 0.3) is 22.5 Å². The molecule has 0 aliphatic rings. The van der Waals surface area contributed by atoms with Crippen molar-refractivity contribution >= 4 is 35.0 Å². The number of carbonyl (C=O) groups excluding carboxylic acids is 2. The van der Waals surface area contributed by atoms with Crippen LogP contribution >= 0.6 is 11.6 Å². The zero-order valence-electron chi connectivity index (χ0n) is 20.9. The second-order valence-corrected chi connectivity index (χ2v) is 8.60. The molecular formula is C29H27ClN2O5. The van der Waals surface area contributed by atoms with Gasteiger partial charge in [-0.05, 0) is 55.7 Å². The molecule has 0 aliphatic heterocycles. The maximum absolute atomic E-state index is 13.1. The molecule has 4 rings (SSSR count). The average molecular weight is 519 g/mol. The summed E-state index contributed by atoms with van der Waals surface area (Å²) in [7, 11) is 0. The van der Waals surface area contributed by atoms with E-state index in [9.17, 15) is 9.59 Å².